The number of carbonyl (C=O) groups is 1. The standard InChI is InChI=1S/C12H22N2O2/c13-10-6-3-7-11(10)16-8-12(15)14-9-4-1-2-5-9/h9-11H,1-8,13H2,(H,14,15). The minimum atomic E-state index is 0.0194. The molecule has 0 aromatic carbocycles. The van der Waals surface area contributed by atoms with E-state index in [1.807, 2.05) is 0 Å². The molecule has 2 unspecified atom stereocenters. The Morgan fingerprint density at radius 3 is 2.56 bits per heavy atom. The molecule has 4 heteroatoms. The van der Waals surface area contributed by atoms with Gasteiger partial charge in [-0.25, -0.2) is 0 Å². The zero-order valence-corrected chi connectivity index (χ0v) is 9.78. The summed E-state index contributed by atoms with van der Waals surface area (Å²) in [6.07, 6.45) is 7.94. The predicted molar refractivity (Wildman–Crippen MR) is 62.0 cm³/mol. The normalized spacial score (nSPS) is 30.8. The summed E-state index contributed by atoms with van der Waals surface area (Å²) in [6, 6.07) is 0.507. The summed E-state index contributed by atoms with van der Waals surface area (Å²) >= 11 is 0. The van der Waals surface area contributed by atoms with Gasteiger partial charge in [-0.05, 0) is 32.1 Å². The number of nitrogens with two attached hydrogens (primary N) is 1. The quantitative estimate of drug-likeness (QED) is 0.750. The molecule has 0 heterocycles. The lowest BCUT2D eigenvalue weighted by molar-refractivity contribution is -0.128. The molecule has 0 spiro atoms. The van der Waals surface area contributed by atoms with Crippen LogP contribution in [0.15, 0.2) is 0 Å². The topological polar surface area (TPSA) is 64.3 Å². The van der Waals surface area contributed by atoms with E-state index in [2.05, 4.69) is 5.32 Å². The van der Waals surface area contributed by atoms with Gasteiger partial charge in [-0.1, -0.05) is 12.8 Å². The van der Waals surface area contributed by atoms with Gasteiger partial charge < -0.3 is 15.8 Å². The van der Waals surface area contributed by atoms with Crippen molar-refractivity contribution < 1.29 is 9.53 Å². The van der Waals surface area contributed by atoms with E-state index in [9.17, 15) is 4.79 Å². The van der Waals surface area contributed by atoms with Crippen molar-refractivity contribution in [2.45, 2.75) is 63.1 Å². The summed E-state index contributed by atoms with van der Waals surface area (Å²) < 4.78 is 5.55. The van der Waals surface area contributed by atoms with Crippen LogP contribution in [0.25, 0.3) is 0 Å². The number of carbonyl (C=O) groups excluding carboxylic acids is 1. The molecule has 0 aromatic heterocycles. The highest BCUT2D eigenvalue weighted by atomic mass is 16.5. The van der Waals surface area contributed by atoms with Crippen LogP contribution in [0.2, 0.25) is 0 Å². The average Bonchev–Trinajstić information content (AvgIpc) is 2.87. The maximum absolute atomic E-state index is 11.6. The van der Waals surface area contributed by atoms with Crippen molar-refractivity contribution in [3.63, 3.8) is 0 Å². The molecule has 3 N–H and O–H groups in total. The van der Waals surface area contributed by atoms with E-state index in [-0.39, 0.29) is 24.7 Å². The molecule has 0 radical (unpaired) electrons. The molecule has 0 saturated heterocycles. The minimum Gasteiger partial charge on any atom is -0.367 e. The number of rotatable bonds is 4. The van der Waals surface area contributed by atoms with Crippen LogP contribution in [-0.4, -0.2) is 30.7 Å². The lowest BCUT2D eigenvalue weighted by Crippen LogP contribution is -2.38. The second-order valence-corrected chi connectivity index (χ2v) is 4.99. The summed E-state index contributed by atoms with van der Waals surface area (Å²) in [6.45, 7) is 0.175. The first-order chi connectivity index (χ1) is 7.75. The maximum atomic E-state index is 11.6. The Morgan fingerprint density at radius 2 is 1.94 bits per heavy atom. The fraction of sp³-hybridized carbons (Fsp3) is 0.917. The first kappa shape index (κ1) is 11.9. The number of hydrogen-bond donors (Lipinski definition) is 2. The molecule has 2 aliphatic rings. The number of ether oxygens (including phenoxy) is 1. The SMILES string of the molecule is NC1CCCC1OCC(=O)NC1CCCC1. The molecular weight excluding hydrogens is 204 g/mol. The molecule has 16 heavy (non-hydrogen) atoms. The number of nitrogens with one attached hydrogen (secondary N) is 1. The van der Waals surface area contributed by atoms with Gasteiger partial charge in [-0.3, -0.25) is 4.79 Å². The molecule has 1 amide bonds. The first-order valence-corrected chi connectivity index (χ1v) is 6.42. The summed E-state index contributed by atoms with van der Waals surface area (Å²) in [4.78, 5) is 11.6. The van der Waals surface area contributed by atoms with E-state index in [1.54, 1.807) is 0 Å². The molecule has 4 nitrogen and oxygen atoms in total. The van der Waals surface area contributed by atoms with Gasteiger partial charge >= 0.3 is 0 Å². The van der Waals surface area contributed by atoms with Crippen LogP contribution in [0.4, 0.5) is 0 Å². The van der Waals surface area contributed by atoms with Crippen LogP contribution in [-0.2, 0) is 9.53 Å². The van der Waals surface area contributed by atoms with Gasteiger partial charge in [0.2, 0.25) is 5.91 Å². The van der Waals surface area contributed by atoms with E-state index in [0.29, 0.717) is 6.04 Å². The highest BCUT2D eigenvalue weighted by molar-refractivity contribution is 5.77. The van der Waals surface area contributed by atoms with E-state index >= 15 is 0 Å². The zero-order valence-electron chi connectivity index (χ0n) is 9.78. The van der Waals surface area contributed by atoms with Crippen molar-refractivity contribution in [2.75, 3.05) is 6.61 Å². The fourth-order valence-corrected chi connectivity index (χ4v) is 2.68. The van der Waals surface area contributed by atoms with Crippen LogP contribution in [0.5, 0.6) is 0 Å². The van der Waals surface area contributed by atoms with Gasteiger partial charge in [0.05, 0.1) is 6.10 Å². The Hall–Kier alpha value is -0.610. The first-order valence-electron chi connectivity index (χ1n) is 6.42. The predicted octanol–water partition coefficient (Wildman–Crippen LogP) is 0.942. The molecule has 2 rings (SSSR count). The maximum Gasteiger partial charge on any atom is 0.246 e. The largest absolute Gasteiger partial charge is 0.367 e. The van der Waals surface area contributed by atoms with Gasteiger partial charge in [0, 0.05) is 12.1 Å². The van der Waals surface area contributed by atoms with Gasteiger partial charge in [0.25, 0.3) is 0 Å². The second-order valence-electron chi connectivity index (χ2n) is 4.99. The van der Waals surface area contributed by atoms with Crippen molar-refractivity contribution in [2.24, 2.45) is 5.73 Å². The highest BCUT2D eigenvalue weighted by Crippen LogP contribution is 2.20. The van der Waals surface area contributed by atoms with Crippen molar-refractivity contribution in [3.05, 3.63) is 0 Å². The number of hydrogen-bond acceptors (Lipinski definition) is 3. The zero-order chi connectivity index (χ0) is 11.4. The monoisotopic (exact) mass is 226 g/mol. The van der Waals surface area contributed by atoms with Crippen molar-refractivity contribution in [1.29, 1.82) is 0 Å². The van der Waals surface area contributed by atoms with Crippen LogP contribution >= 0.6 is 0 Å². The molecular formula is C12H22N2O2. The Morgan fingerprint density at radius 1 is 1.19 bits per heavy atom. The van der Waals surface area contributed by atoms with Gasteiger partial charge in [-0.2, -0.15) is 0 Å². The summed E-state index contributed by atoms with van der Waals surface area (Å²) in [5.41, 5.74) is 5.87. The van der Waals surface area contributed by atoms with Crippen LogP contribution in [0, 0.1) is 0 Å². The smallest absolute Gasteiger partial charge is 0.246 e. The third-order valence-electron chi connectivity index (χ3n) is 3.65. The number of amides is 1. The molecule has 2 saturated carbocycles. The van der Waals surface area contributed by atoms with E-state index in [4.69, 9.17) is 10.5 Å². The average molecular weight is 226 g/mol. The summed E-state index contributed by atoms with van der Waals surface area (Å²) in [7, 11) is 0. The van der Waals surface area contributed by atoms with Crippen LogP contribution in [0.3, 0.4) is 0 Å². The molecule has 2 aliphatic carbocycles. The lowest BCUT2D eigenvalue weighted by Gasteiger charge is -2.17. The van der Waals surface area contributed by atoms with Gasteiger partial charge in [0.1, 0.15) is 6.61 Å². The van der Waals surface area contributed by atoms with Crippen molar-refractivity contribution in [1.82, 2.24) is 5.32 Å². The Labute approximate surface area is 96.9 Å². The van der Waals surface area contributed by atoms with Crippen molar-refractivity contribution in [3.8, 4) is 0 Å². The molecule has 0 aromatic rings. The van der Waals surface area contributed by atoms with Gasteiger partial charge in [0.15, 0.2) is 0 Å². The Bertz CT molecular complexity index is 239. The molecule has 0 aliphatic heterocycles. The molecule has 92 valence electrons. The Kier molecular flexibility index (Phi) is 4.18. The summed E-state index contributed by atoms with van der Waals surface area (Å²) in [5.74, 6) is 0.0194. The third kappa shape index (κ3) is 3.19. The molecule has 0 bridgehead atoms. The Balaban J connectivity index is 1.63. The van der Waals surface area contributed by atoms with Gasteiger partial charge in [-0.15, -0.1) is 0 Å². The summed E-state index contributed by atoms with van der Waals surface area (Å²) in [5, 5.41) is 3.01. The molecule has 2 fully saturated rings. The van der Waals surface area contributed by atoms with Crippen LogP contribution in [0.1, 0.15) is 44.9 Å². The van der Waals surface area contributed by atoms with E-state index in [1.165, 1.54) is 12.8 Å². The third-order valence-corrected chi connectivity index (χ3v) is 3.65. The minimum absolute atomic E-state index is 0.0194. The molecule has 2 atom stereocenters. The van der Waals surface area contributed by atoms with E-state index < -0.39 is 0 Å². The second kappa shape index (κ2) is 5.64. The van der Waals surface area contributed by atoms with Crippen molar-refractivity contribution >= 4 is 5.91 Å². The lowest BCUT2D eigenvalue weighted by atomic mass is 10.2. The van der Waals surface area contributed by atoms with Crippen LogP contribution < -0.4 is 11.1 Å². The highest BCUT2D eigenvalue weighted by Gasteiger charge is 2.25. The fourth-order valence-electron chi connectivity index (χ4n) is 2.68. The van der Waals surface area contributed by atoms with E-state index in [0.717, 1.165) is 32.1 Å².